The average Bonchev–Trinajstić information content (AvgIpc) is 2.67. The maximum Gasteiger partial charge on any atom is 0.416 e. The first-order valence-electron chi connectivity index (χ1n) is 7.85. The monoisotopic (exact) mass is 373 g/mol. The number of amides is 1. The highest BCUT2D eigenvalue weighted by Gasteiger charge is 2.30. The van der Waals surface area contributed by atoms with E-state index >= 15 is 0 Å². The van der Waals surface area contributed by atoms with Crippen LogP contribution in [0.25, 0.3) is 0 Å². The standard InChI is InChI=1S/C18H14F3N5O/c19-18(20,21)13-4-1-5-14(7-13)26-16-11-23-15(10-24-16)17(27)25-9-12-3-2-6-22-8-12/h1-8,10-11H,9H2,(H,24,26)(H,25,27). The molecule has 0 atom stereocenters. The van der Waals surface area contributed by atoms with Crippen molar-refractivity contribution in [1.29, 1.82) is 0 Å². The average molecular weight is 373 g/mol. The molecule has 0 saturated carbocycles. The highest BCUT2D eigenvalue weighted by Crippen LogP contribution is 2.31. The fraction of sp³-hybridized carbons (Fsp3) is 0.111. The molecular weight excluding hydrogens is 359 g/mol. The van der Waals surface area contributed by atoms with E-state index in [1.54, 1.807) is 18.5 Å². The van der Waals surface area contributed by atoms with Crippen molar-refractivity contribution < 1.29 is 18.0 Å². The largest absolute Gasteiger partial charge is 0.416 e. The number of anilines is 2. The highest BCUT2D eigenvalue weighted by atomic mass is 19.4. The van der Waals surface area contributed by atoms with Gasteiger partial charge in [-0.1, -0.05) is 12.1 Å². The zero-order valence-electron chi connectivity index (χ0n) is 13.9. The molecule has 9 heteroatoms. The molecular formula is C18H14F3N5O. The summed E-state index contributed by atoms with van der Waals surface area (Å²) < 4.78 is 38.2. The summed E-state index contributed by atoms with van der Waals surface area (Å²) in [5.74, 6) is -0.199. The molecule has 0 bridgehead atoms. The number of carbonyl (C=O) groups is 1. The number of hydrogen-bond acceptors (Lipinski definition) is 5. The predicted molar refractivity (Wildman–Crippen MR) is 92.2 cm³/mol. The number of benzene rings is 1. The third kappa shape index (κ3) is 5.00. The third-order valence-corrected chi connectivity index (χ3v) is 3.52. The van der Waals surface area contributed by atoms with E-state index < -0.39 is 17.6 Å². The van der Waals surface area contributed by atoms with E-state index in [4.69, 9.17) is 0 Å². The zero-order chi connectivity index (χ0) is 19.3. The molecule has 0 aliphatic rings. The molecule has 27 heavy (non-hydrogen) atoms. The van der Waals surface area contributed by atoms with E-state index in [-0.39, 0.29) is 17.2 Å². The smallest absolute Gasteiger partial charge is 0.347 e. The normalized spacial score (nSPS) is 11.1. The van der Waals surface area contributed by atoms with Gasteiger partial charge in [-0.2, -0.15) is 13.2 Å². The number of carbonyl (C=O) groups excluding carboxylic acids is 1. The van der Waals surface area contributed by atoms with Crippen LogP contribution in [0.1, 0.15) is 21.6 Å². The van der Waals surface area contributed by atoms with Crippen LogP contribution in [0, 0.1) is 0 Å². The minimum atomic E-state index is -4.43. The van der Waals surface area contributed by atoms with Gasteiger partial charge in [0.1, 0.15) is 11.5 Å². The van der Waals surface area contributed by atoms with E-state index in [9.17, 15) is 18.0 Å². The molecule has 0 aliphatic carbocycles. The van der Waals surface area contributed by atoms with Crippen molar-refractivity contribution in [3.8, 4) is 0 Å². The predicted octanol–water partition coefficient (Wildman–Crippen LogP) is 3.56. The lowest BCUT2D eigenvalue weighted by Gasteiger charge is -2.10. The van der Waals surface area contributed by atoms with Crippen molar-refractivity contribution in [3.63, 3.8) is 0 Å². The minimum absolute atomic E-state index is 0.0912. The Labute approximate surface area is 152 Å². The summed E-state index contributed by atoms with van der Waals surface area (Å²) in [6, 6.07) is 8.30. The molecule has 0 fully saturated rings. The quantitative estimate of drug-likeness (QED) is 0.715. The van der Waals surface area contributed by atoms with E-state index in [2.05, 4.69) is 25.6 Å². The Balaban J connectivity index is 1.62. The zero-order valence-corrected chi connectivity index (χ0v) is 13.9. The van der Waals surface area contributed by atoms with Gasteiger partial charge in [0.25, 0.3) is 5.91 Å². The van der Waals surface area contributed by atoms with Gasteiger partial charge in [-0.25, -0.2) is 9.97 Å². The van der Waals surface area contributed by atoms with Crippen LogP contribution >= 0.6 is 0 Å². The summed E-state index contributed by atoms with van der Waals surface area (Å²) in [5.41, 5.74) is 0.370. The number of alkyl halides is 3. The lowest BCUT2D eigenvalue weighted by Crippen LogP contribution is -2.24. The summed E-state index contributed by atoms with van der Waals surface area (Å²) in [7, 11) is 0. The molecule has 2 N–H and O–H groups in total. The van der Waals surface area contributed by atoms with Crippen LogP contribution < -0.4 is 10.6 Å². The number of rotatable bonds is 5. The Hall–Kier alpha value is -3.49. The maximum atomic E-state index is 12.7. The van der Waals surface area contributed by atoms with Gasteiger partial charge >= 0.3 is 6.18 Å². The van der Waals surface area contributed by atoms with Crippen LogP contribution in [-0.4, -0.2) is 20.9 Å². The van der Waals surface area contributed by atoms with Gasteiger partial charge in [-0.3, -0.25) is 9.78 Å². The Morgan fingerprint density at radius 1 is 1.04 bits per heavy atom. The molecule has 2 heterocycles. The fourth-order valence-electron chi connectivity index (χ4n) is 2.21. The SMILES string of the molecule is O=C(NCc1cccnc1)c1cnc(Nc2cccc(C(F)(F)F)c2)cn1. The molecule has 138 valence electrons. The summed E-state index contributed by atoms with van der Waals surface area (Å²) in [4.78, 5) is 24.0. The van der Waals surface area contributed by atoms with Crippen LogP contribution in [0.4, 0.5) is 24.7 Å². The summed E-state index contributed by atoms with van der Waals surface area (Å²) >= 11 is 0. The Bertz CT molecular complexity index is 914. The molecule has 3 aromatic rings. The highest BCUT2D eigenvalue weighted by molar-refractivity contribution is 5.92. The van der Waals surface area contributed by atoms with Crippen LogP contribution in [0.5, 0.6) is 0 Å². The maximum absolute atomic E-state index is 12.7. The van der Waals surface area contributed by atoms with E-state index in [1.165, 1.54) is 24.5 Å². The van der Waals surface area contributed by atoms with Gasteiger partial charge in [-0.05, 0) is 29.8 Å². The Morgan fingerprint density at radius 2 is 1.89 bits per heavy atom. The van der Waals surface area contributed by atoms with Crippen molar-refractivity contribution in [2.75, 3.05) is 5.32 Å². The second-order valence-corrected chi connectivity index (χ2v) is 5.53. The molecule has 3 rings (SSSR count). The second kappa shape index (κ2) is 7.81. The van der Waals surface area contributed by atoms with Crippen molar-refractivity contribution in [2.45, 2.75) is 12.7 Å². The van der Waals surface area contributed by atoms with Crippen molar-refractivity contribution in [3.05, 3.63) is 78.0 Å². The van der Waals surface area contributed by atoms with E-state index in [1.807, 2.05) is 6.07 Å². The van der Waals surface area contributed by atoms with Crippen molar-refractivity contribution in [2.24, 2.45) is 0 Å². The number of nitrogens with one attached hydrogen (secondary N) is 2. The summed E-state index contributed by atoms with van der Waals surface area (Å²) in [6.07, 6.45) is 1.36. The number of halogens is 3. The molecule has 1 aromatic carbocycles. The molecule has 0 radical (unpaired) electrons. The van der Waals surface area contributed by atoms with Gasteiger partial charge in [0, 0.05) is 24.6 Å². The lowest BCUT2D eigenvalue weighted by atomic mass is 10.2. The van der Waals surface area contributed by atoms with E-state index in [0.29, 0.717) is 6.54 Å². The Morgan fingerprint density at radius 3 is 2.56 bits per heavy atom. The van der Waals surface area contributed by atoms with Gasteiger partial charge < -0.3 is 10.6 Å². The topological polar surface area (TPSA) is 79.8 Å². The first-order valence-corrected chi connectivity index (χ1v) is 7.85. The van der Waals surface area contributed by atoms with Crippen LogP contribution in [0.2, 0.25) is 0 Å². The molecule has 0 saturated heterocycles. The number of aromatic nitrogens is 3. The molecule has 0 aliphatic heterocycles. The first kappa shape index (κ1) is 18.3. The lowest BCUT2D eigenvalue weighted by molar-refractivity contribution is -0.137. The number of hydrogen-bond donors (Lipinski definition) is 2. The van der Waals surface area contributed by atoms with E-state index in [0.717, 1.165) is 17.7 Å². The molecule has 0 spiro atoms. The van der Waals surface area contributed by atoms with Gasteiger partial charge in [0.05, 0.1) is 18.0 Å². The first-order chi connectivity index (χ1) is 12.9. The second-order valence-electron chi connectivity index (χ2n) is 5.53. The molecule has 2 aromatic heterocycles. The molecule has 6 nitrogen and oxygen atoms in total. The Kier molecular flexibility index (Phi) is 5.30. The van der Waals surface area contributed by atoms with Gasteiger partial charge in [0.15, 0.2) is 0 Å². The van der Waals surface area contributed by atoms with Crippen LogP contribution in [0.3, 0.4) is 0 Å². The van der Waals surface area contributed by atoms with Crippen molar-refractivity contribution >= 4 is 17.4 Å². The number of pyridine rings is 1. The number of nitrogens with zero attached hydrogens (tertiary/aromatic N) is 3. The van der Waals surface area contributed by atoms with Gasteiger partial charge in [-0.15, -0.1) is 0 Å². The third-order valence-electron chi connectivity index (χ3n) is 3.52. The van der Waals surface area contributed by atoms with Gasteiger partial charge in [0.2, 0.25) is 0 Å². The van der Waals surface area contributed by atoms with Crippen LogP contribution in [0.15, 0.2) is 61.2 Å². The van der Waals surface area contributed by atoms with Crippen LogP contribution in [-0.2, 0) is 12.7 Å². The fourth-order valence-corrected chi connectivity index (χ4v) is 2.21. The van der Waals surface area contributed by atoms with Crippen molar-refractivity contribution in [1.82, 2.24) is 20.3 Å². The minimum Gasteiger partial charge on any atom is -0.347 e. The molecule has 0 unspecified atom stereocenters. The summed E-state index contributed by atoms with van der Waals surface area (Å²) in [5, 5.41) is 5.41. The molecule has 1 amide bonds. The summed E-state index contributed by atoms with van der Waals surface area (Å²) in [6.45, 7) is 0.290.